The Morgan fingerprint density at radius 3 is 2.46 bits per heavy atom. The lowest BCUT2D eigenvalue weighted by Gasteiger charge is -2.21. The number of nitrogen functional groups attached to an aromatic ring is 1. The van der Waals surface area contributed by atoms with Crippen LogP contribution in [-0.4, -0.2) is 35.2 Å². The smallest absolute Gasteiger partial charge is 0.224 e. The van der Waals surface area contributed by atoms with E-state index in [1.807, 2.05) is 0 Å². The van der Waals surface area contributed by atoms with Crippen LogP contribution in [0.2, 0.25) is 5.02 Å². The van der Waals surface area contributed by atoms with E-state index >= 15 is 0 Å². The van der Waals surface area contributed by atoms with Crippen molar-refractivity contribution in [3.8, 4) is 17.0 Å². The second-order valence-electron chi connectivity index (χ2n) is 7.05. The van der Waals surface area contributed by atoms with Crippen molar-refractivity contribution in [2.24, 2.45) is 0 Å². The summed E-state index contributed by atoms with van der Waals surface area (Å²) in [5.41, 5.74) is 6.04. The Labute approximate surface area is 166 Å². The molecule has 10 heteroatoms. The van der Waals surface area contributed by atoms with Gasteiger partial charge in [0.1, 0.15) is 22.8 Å². The van der Waals surface area contributed by atoms with Gasteiger partial charge in [0.2, 0.25) is 5.95 Å². The summed E-state index contributed by atoms with van der Waals surface area (Å²) in [6, 6.07) is 4.15. The van der Waals surface area contributed by atoms with E-state index in [9.17, 15) is 12.8 Å². The summed E-state index contributed by atoms with van der Waals surface area (Å²) in [4.78, 5) is 11.8. The van der Waals surface area contributed by atoms with Gasteiger partial charge in [0.25, 0.3) is 0 Å². The summed E-state index contributed by atoms with van der Waals surface area (Å²) in [5, 5.41) is 0.367. The summed E-state index contributed by atoms with van der Waals surface area (Å²) >= 11 is 5.98. The minimum absolute atomic E-state index is 0.0177. The highest BCUT2D eigenvalue weighted by atomic mass is 35.5. The number of benzene rings is 1. The predicted molar refractivity (Wildman–Crippen MR) is 106 cm³/mol. The third kappa shape index (κ3) is 3.24. The SMILES string of the molecule is COc1cc2ncnc(-c3cc(Cl)c(N)nc3F)c2cc1S(=O)(=O)C(C)(C)C. The zero-order valence-corrected chi connectivity index (χ0v) is 17.2. The van der Waals surface area contributed by atoms with E-state index < -0.39 is 20.5 Å². The molecule has 0 aliphatic carbocycles. The van der Waals surface area contributed by atoms with Crippen molar-refractivity contribution < 1.29 is 17.5 Å². The number of sulfone groups is 1. The minimum atomic E-state index is -3.77. The molecule has 0 radical (unpaired) electrons. The fraction of sp³-hybridized carbons (Fsp3) is 0.278. The Hall–Kier alpha value is -2.52. The molecule has 28 heavy (non-hydrogen) atoms. The van der Waals surface area contributed by atoms with Gasteiger partial charge in [-0.3, -0.25) is 0 Å². The first kappa shape index (κ1) is 20.2. The molecule has 0 saturated carbocycles. The van der Waals surface area contributed by atoms with E-state index in [0.717, 1.165) is 0 Å². The first-order valence-corrected chi connectivity index (χ1v) is 10.0. The number of pyridine rings is 1. The topological polar surface area (TPSA) is 108 Å². The molecule has 0 fully saturated rings. The van der Waals surface area contributed by atoms with Gasteiger partial charge < -0.3 is 10.5 Å². The molecular formula is C18H18ClFN4O3S. The highest BCUT2D eigenvalue weighted by molar-refractivity contribution is 7.92. The van der Waals surface area contributed by atoms with Crippen molar-refractivity contribution >= 4 is 38.2 Å². The molecule has 148 valence electrons. The second-order valence-corrected chi connectivity index (χ2v) is 10.1. The van der Waals surface area contributed by atoms with E-state index in [-0.39, 0.29) is 32.7 Å². The molecule has 0 aliphatic rings. The van der Waals surface area contributed by atoms with Crippen LogP contribution in [0.25, 0.3) is 22.2 Å². The minimum Gasteiger partial charge on any atom is -0.495 e. The number of nitrogens with two attached hydrogens (primary N) is 1. The van der Waals surface area contributed by atoms with Gasteiger partial charge in [0.15, 0.2) is 9.84 Å². The molecule has 2 N–H and O–H groups in total. The highest BCUT2D eigenvalue weighted by Crippen LogP contribution is 2.38. The van der Waals surface area contributed by atoms with Crippen LogP contribution in [0.4, 0.5) is 10.2 Å². The van der Waals surface area contributed by atoms with Gasteiger partial charge in [0.05, 0.1) is 33.7 Å². The number of fused-ring (bicyclic) bond motifs is 1. The maximum Gasteiger partial charge on any atom is 0.224 e. The average Bonchev–Trinajstić information content (AvgIpc) is 2.62. The summed E-state index contributed by atoms with van der Waals surface area (Å²) in [5.74, 6) is -0.891. The molecule has 2 aromatic heterocycles. The van der Waals surface area contributed by atoms with Gasteiger partial charge in [-0.15, -0.1) is 0 Å². The molecule has 0 spiro atoms. The van der Waals surface area contributed by atoms with Crippen molar-refractivity contribution in [1.29, 1.82) is 0 Å². The largest absolute Gasteiger partial charge is 0.495 e. The molecule has 0 unspecified atom stereocenters. The van der Waals surface area contributed by atoms with Crippen LogP contribution in [0.15, 0.2) is 29.4 Å². The Morgan fingerprint density at radius 1 is 1.18 bits per heavy atom. The summed E-state index contributed by atoms with van der Waals surface area (Å²) in [6.45, 7) is 4.74. The maximum absolute atomic E-state index is 14.5. The molecule has 2 heterocycles. The number of anilines is 1. The number of rotatable bonds is 3. The van der Waals surface area contributed by atoms with Crippen molar-refractivity contribution in [2.75, 3.05) is 12.8 Å². The van der Waals surface area contributed by atoms with E-state index in [1.54, 1.807) is 20.8 Å². The van der Waals surface area contributed by atoms with Gasteiger partial charge in [-0.1, -0.05) is 11.6 Å². The van der Waals surface area contributed by atoms with Crippen molar-refractivity contribution in [3.63, 3.8) is 0 Å². The van der Waals surface area contributed by atoms with E-state index in [1.165, 1.54) is 31.6 Å². The van der Waals surface area contributed by atoms with Crippen LogP contribution >= 0.6 is 11.6 Å². The van der Waals surface area contributed by atoms with Crippen LogP contribution in [0, 0.1) is 5.95 Å². The van der Waals surface area contributed by atoms with Crippen LogP contribution in [0.5, 0.6) is 5.75 Å². The van der Waals surface area contributed by atoms with Gasteiger partial charge in [0, 0.05) is 11.5 Å². The number of ether oxygens (including phenoxy) is 1. The fourth-order valence-electron chi connectivity index (χ4n) is 2.62. The summed E-state index contributed by atoms with van der Waals surface area (Å²) < 4.78 is 44.7. The van der Waals surface area contributed by atoms with Gasteiger partial charge >= 0.3 is 0 Å². The number of hydrogen-bond acceptors (Lipinski definition) is 7. The lowest BCUT2D eigenvalue weighted by Crippen LogP contribution is -2.28. The summed E-state index contributed by atoms with van der Waals surface area (Å²) in [7, 11) is -2.40. The second kappa shape index (κ2) is 6.82. The lowest BCUT2D eigenvalue weighted by molar-refractivity contribution is 0.402. The zero-order chi connectivity index (χ0) is 20.9. The van der Waals surface area contributed by atoms with Crippen molar-refractivity contribution in [3.05, 3.63) is 35.5 Å². The van der Waals surface area contributed by atoms with Crippen LogP contribution in [0.3, 0.4) is 0 Å². The number of aromatic nitrogens is 3. The molecule has 1 aromatic carbocycles. The third-order valence-electron chi connectivity index (χ3n) is 4.23. The molecule has 7 nitrogen and oxygen atoms in total. The van der Waals surface area contributed by atoms with Crippen molar-refractivity contribution in [2.45, 2.75) is 30.4 Å². The monoisotopic (exact) mass is 424 g/mol. The third-order valence-corrected chi connectivity index (χ3v) is 7.04. The van der Waals surface area contributed by atoms with E-state index in [4.69, 9.17) is 22.1 Å². The molecule has 0 amide bonds. The summed E-state index contributed by atoms with van der Waals surface area (Å²) in [6.07, 6.45) is 1.23. The Morgan fingerprint density at radius 2 is 1.86 bits per heavy atom. The number of hydrogen-bond donors (Lipinski definition) is 1. The lowest BCUT2D eigenvalue weighted by atomic mass is 10.1. The predicted octanol–water partition coefficient (Wildman–Crippen LogP) is 3.65. The normalized spacial score (nSPS) is 12.4. The average molecular weight is 425 g/mol. The number of halogens is 2. The molecule has 0 atom stereocenters. The van der Waals surface area contributed by atoms with Gasteiger partial charge in [-0.05, 0) is 32.9 Å². The van der Waals surface area contributed by atoms with Crippen LogP contribution in [0.1, 0.15) is 20.8 Å². The molecule has 3 rings (SSSR count). The molecular weight excluding hydrogens is 407 g/mol. The molecule has 0 bridgehead atoms. The Balaban J connectivity index is 2.40. The van der Waals surface area contributed by atoms with Crippen molar-refractivity contribution in [1.82, 2.24) is 15.0 Å². The maximum atomic E-state index is 14.5. The zero-order valence-electron chi connectivity index (χ0n) is 15.6. The first-order valence-electron chi connectivity index (χ1n) is 8.16. The van der Waals surface area contributed by atoms with Gasteiger partial charge in [-0.25, -0.2) is 23.4 Å². The highest BCUT2D eigenvalue weighted by Gasteiger charge is 2.34. The Kier molecular flexibility index (Phi) is 4.93. The molecule has 3 aromatic rings. The molecule has 0 aliphatic heterocycles. The first-order chi connectivity index (χ1) is 13.0. The van der Waals surface area contributed by atoms with E-state index in [2.05, 4.69) is 15.0 Å². The van der Waals surface area contributed by atoms with Crippen LogP contribution < -0.4 is 10.5 Å². The number of methoxy groups -OCH3 is 1. The molecule has 0 saturated heterocycles. The quantitative estimate of drug-likeness (QED) is 0.639. The Bertz CT molecular complexity index is 1190. The standard InChI is InChI=1S/C18H18ClFN4O3S/c1-18(2,3)28(25,26)14-6-9-12(7-13(14)27-4)22-8-23-15(9)10-5-11(19)17(21)24-16(10)20/h5-8H,1-4H3,(H2,21,24). The van der Waals surface area contributed by atoms with Gasteiger partial charge in [-0.2, -0.15) is 4.39 Å². The van der Waals surface area contributed by atoms with Crippen LogP contribution in [-0.2, 0) is 9.84 Å². The number of nitrogens with zero attached hydrogens (tertiary/aromatic N) is 3. The fourth-order valence-corrected chi connectivity index (χ4v) is 4.11. The van der Waals surface area contributed by atoms with E-state index in [0.29, 0.717) is 10.9 Å².